The third kappa shape index (κ3) is 3.33. The lowest BCUT2D eigenvalue weighted by atomic mass is 9.78. The lowest BCUT2D eigenvalue weighted by molar-refractivity contribution is 0.206. The molecule has 1 aromatic carbocycles. The summed E-state index contributed by atoms with van der Waals surface area (Å²) in [5, 5.41) is 12.7. The highest BCUT2D eigenvalue weighted by Gasteiger charge is 2.26. The Bertz CT molecular complexity index is 360. The molecule has 0 spiro atoms. The van der Waals surface area contributed by atoms with Gasteiger partial charge in [0.15, 0.2) is 0 Å². The highest BCUT2D eigenvalue weighted by Crippen LogP contribution is 2.29. The highest BCUT2D eigenvalue weighted by molar-refractivity contribution is 5.21. The van der Waals surface area contributed by atoms with Crippen molar-refractivity contribution in [3.63, 3.8) is 0 Å². The van der Waals surface area contributed by atoms with Crippen LogP contribution < -0.4 is 5.32 Å². The number of benzene rings is 1. The molecule has 0 radical (unpaired) electrons. The normalized spacial score (nSPS) is 28.3. The summed E-state index contributed by atoms with van der Waals surface area (Å²) in [6, 6.07) is 8.88. The van der Waals surface area contributed by atoms with Crippen LogP contribution in [0.25, 0.3) is 0 Å². The van der Waals surface area contributed by atoms with Crippen molar-refractivity contribution in [1.82, 2.24) is 5.32 Å². The molecule has 0 bridgehead atoms. The maximum absolute atomic E-state index is 9.01. The second-order valence-electron chi connectivity index (χ2n) is 5.73. The van der Waals surface area contributed by atoms with E-state index in [-0.39, 0.29) is 6.61 Å². The molecule has 1 aliphatic carbocycles. The van der Waals surface area contributed by atoms with Gasteiger partial charge in [-0.2, -0.15) is 0 Å². The van der Waals surface area contributed by atoms with Crippen LogP contribution in [0.3, 0.4) is 0 Å². The summed E-state index contributed by atoms with van der Waals surface area (Å²) in [6.45, 7) is 5.81. The molecule has 1 fully saturated rings. The molecule has 3 unspecified atom stereocenters. The van der Waals surface area contributed by atoms with Crippen LogP contribution in [0.5, 0.6) is 0 Å². The fraction of sp³-hybridized carbons (Fsp3) is 0.625. The van der Waals surface area contributed by atoms with Crippen LogP contribution in [0.4, 0.5) is 0 Å². The van der Waals surface area contributed by atoms with Gasteiger partial charge in [-0.3, -0.25) is 0 Å². The van der Waals surface area contributed by atoms with Crippen LogP contribution in [-0.4, -0.2) is 11.1 Å². The molecule has 1 aliphatic rings. The molecule has 0 heterocycles. The average molecular weight is 247 g/mol. The van der Waals surface area contributed by atoms with Crippen molar-refractivity contribution < 1.29 is 5.11 Å². The summed E-state index contributed by atoms with van der Waals surface area (Å²) in [5.41, 5.74) is 2.29. The van der Waals surface area contributed by atoms with Crippen LogP contribution >= 0.6 is 0 Å². The van der Waals surface area contributed by atoms with Crippen molar-refractivity contribution in [2.45, 2.75) is 52.3 Å². The molecule has 2 N–H and O–H groups in total. The van der Waals surface area contributed by atoms with Gasteiger partial charge in [0.1, 0.15) is 0 Å². The van der Waals surface area contributed by atoms with Gasteiger partial charge < -0.3 is 10.4 Å². The maximum atomic E-state index is 9.01. The molecule has 2 heteroatoms. The molecular weight excluding hydrogens is 222 g/mol. The van der Waals surface area contributed by atoms with Crippen molar-refractivity contribution in [3.8, 4) is 0 Å². The standard InChI is InChI=1S/C16H25NO/c1-12-4-3-5-16(13(12)2)17-10-14-6-8-15(11-18)9-7-14/h6-9,12-13,16-18H,3-5,10-11H2,1-2H3. The van der Waals surface area contributed by atoms with E-state index in [9.17, 15) is 0 Å². The van der Waals surface area contributed by atoms with Gasteiger partial charge in [0.25, 0.3) is 0 Å². The Kier molecular flexibility index (Phi) is 4.79. The predicted molar refractivity (Wildman–Crippen MR) is 75.2 cm³/mol. The Hall–Kier alpha value is -0.860. The van der Waals surface area contributed by atoms with Crippen LogP contribution in [0.2, 0.25) is 0 Å². The minimum atomic E-state index is 0.130. The van der Waals surface area contributed by atoms with Crippen LogP contribution in [0, 0.1) is 11.8 Å². The van der Waals surface area contributed by atoms with E-state index < -0.39 is 0 Å². The Balaban J connectivity index is 1.86. The largest absolute Gasteiger partial charge is 0.392 e. The number of hydrogen-bond acceptors (Lipinski definition) is 2. The zero-order valence-corrected chi connectivity index (χ0v) is 11.5. The molecule has 18 heavy (non-hydrogen) atoms. The van der Waals surface area contributed by atoms with Gasteiger partial charge in [0, 0.05) is 12.6 Å². The van der Waals surface area contributed by atoms with E-state index in [1.807, 2.05) is 12.1 Å². The van der Waals surface area contributed by atoms with Crippen molar-refractivity contribution in [2.24, 2.45) is 11.8 Å². The van der Waals surface area contributed by atoms with E-state index in [0.29, 0.717) is 6.04 Å². The maximum Gasteiger partial charge on any atom is 0.0681 e. The van der Waals surface area contributed by atoms with E-state index in [1.54, 1.807) is 0 Å². The average Bonchev–Trinajstić information content (AvgIpc) is 2.41. The number of hydrogen-bond donors (Lipinski definition) is 2. The lowest BCUT2D eigenvalue weighted by Gasteiger charge is -2.34. The number of rotatable bonds is 4. The van der Waals surface area contributed by atoms with Crippen molar-refractivity contribution in [3.05, 3.63) is 35.4 Å². The van der Waals surface area contributed by atoms with E-state index in [0.717, 1.165) is 23.9 Å². The summed E-state index contributed by atoms with van der Waals surface area (Å²) >= 11 is 0. The van der Waals surface area contributed by atoms with Crippen LogP contribution in [0.15, 0.2) is 24.3 Å². The first-order valence-corrected chi connectivity index (χ1v) is 7.12. The molecule has 2 rings (SSSR count). The number of nitrogens with one attached hydrogen (secondary N) is 1. The second kappa shape index (κ2) is 6.35. The summed E-state index contributed by atoms with van der Waals surface area (Å²) in [4.78, 5) is 0. The van der Waals surface area contributed by atoms with Gasteiger partial charge in [-0.1, -0.05) is 51.0 Å². The van der Waals surface area contributed by atoms with Crippen molar-refractivity contribution in [2.75, 3.05) is 0 Å². The van der Waals surface area contributed by atoms with Gasteiger partial charge in [0.05, 0.1) is 6.61 Å². The summed E-state index contributed by atoms with van der Waals surface area (Å²) in [6.07, 6.45) is 4.04. The first-order chi connectivity index (χ1) is 8.70. The Morgan fingerprint density at radius 1 is 1.11 bits per heavy atom. The number of aliphatic hydroxyl groups is 1. The van der Waals surface area contributed by atoms with Gasteiger partial charge in [-0.25, -0.2) is 0 Å². The van der Waals surface area contributed by atoms with Crippen molar-refractivity contribution in [1.29, 1.82) is 0 Å². The molecule has 0 aromatic heterocycles. The second-order valence-corrected chi connectivity index (χ2v) is 5.73. The van der Waals surface area contributed by atoms with E-state index in [1.165, 1.54) is 24.8 Å². The first-order valence-electron chi connectivity index (χ1n) is 7.12. The monoisotopic (exact) mass is 247 g/mol. The number of aliphatic hydroxyl groups excluding tert-OH is 1. The summed E-state index contributed by atoms with van der Waals surface area (Å²) in [7, 11) is 0. The molecule has 0 amide bonds. The first kappa shape index (κ1) is 13.6. The topological polar surface area (TPSA) is 32.3 Å². The van der Waals surface area contributed by atoms with Crippen LogP contribution in [0.1, 0.15) is 44.2 Å². The molecular formula is C16H25NO. The van der Waals surface area contributed by atoms with E-state index >= 15 is 0 Å². The molecule has 3 atom stereocenters. The fourth-order valence-corrected chi connectivity index (χ4v) is 2.88. The zero-order valence-electron chi connectivity index (χ0n) is 11.5. The van der Waals surface area contributed by atoms with Gasteiger partial charge in [-0.05, 0) is 29.4 Å². The van der Waals surface area contributed by atoms with Crippen molar-refractivity contribution >= 4 is 0 Å². The Morgan fingerprint density at radius 2 is 1.78 bits per heavy atom. The third-order valence-corrected chi connectivity index (χ3v) is 4.48. The van der Waals surface area contributed by atoms with E-state index in [4.69, 9.17) is 5.11 Å². The zero-order chi connectivity index (χ0) is 13.0. The SMILES string of the molecule is CC1CCCC(NCc2ccc(CO)cc2)C1C. The quantitative estimate of drug-likeness (QED) is 0.857. The summed E-state index contributed by atoms with van der Waals surface area (Å²) in [5.74, 6) is 1.61. The Morgan fingerprint density at radius 3 is 2.44 bits per heavy atom. The van der Waals surface area contributed by atoms with Gasteiger partial charge in [0.2, 0.25) is 0 Å². The molecule has 0 aliphatic heterocycles. The minimum Gasteiger partial charge on any atom is -0.392 e. The Labute approximate surface area is 110 Å². The molecule has 100 valence electrons. The fourth-order valence-electron chi connectivity index (χ4n) is 2.88. The minimum absolute atomic E-state index is 0.130. The lowest BCUT2D eigenvalue weighted by Crippen LogP contribution is -2.40. The summed E-state index contributed by atoms with van der Waals surface area (Å²) < 4.78 is 0. The third-order valence-electron chi connectivity index (χ3n) is 4.48. The molecule has 1 aromatic rings. The van der Waals surface area contributed by atoms with Crippen LogP contribution in [-0.2, 0) is 13.2 Å². The molecule has 2 nitrogen and oxygen atoms in total. The van der Waals surface area contributed by atoms with E-state index in [2.05, 4.69) is 31.3 Å². The molecule has 0 saturated heterocycles. The van der Waals surface area contributed by atoms with Gasteiger partial charge in [-0.15, -0.1) is 0 Å². The predicted octanol–water partition coefficient (Wildman–Crippen LogP) is 3.09. The molecule has 1 saturated carbocycles. The smallest absolute Gasteiger partial charge is 0.0681 e. The van der Waals surface area contributed by atoms with Gasteiger partial charge >= 0.3 is 0 Å². The highest BCUT2D eigenvalue weighted by atomic mass is 16.3.